The second kappa shape index (κ2) is 5.79. The number of nitrogens with one attached hydrogen (secondary N) is 2. The van der Waals surface area contributed by atoms with Crippen LogP contribution in [0.3, 0.4) is 0 Å². The fraction of sp³-hybridized carbons (Fsp3) is 0.636. The van der Waals surface area contributed by atoms with Gasteiger partial charge in [0.2, 0.25) is 5.95 Å². The molecule has 1 aromatic rings. The third-order valence-corrected chi connectivity index (χ3v) is 3.29. The quantitative estimate of drug-likeness (QED) is 0.587. The van der Waals surface area contributed by atoms with E-state index in [-0.39, 0.29) is 17.8 Å². The summed E-state index contributed by atoms with van der Waals surface area (Å²) in [5.74, 6) is 0.0105. The lowest BCUT2D eigenvalue weighted by Gasteiger charge is -2.29. The summed E-state index contributed by atoms with van der Waals surface area (Å²) in [5, 5.41) is 13.6. The average molecular weight is 265 g/mol. The number of carbonyl (C=O) groups excluding carboxylic acids is 1. The summed E-state index contributed by atoms with van der Waals surface area (Å²) in [6, 6.07) is 0.228. The van der Waals surface area contributed by atoms with Crippen molar-refractivity contribution < 1.29 is 4.79 Å². The molecule has 1 saturated carbocycles. The Morgan fingerprint density at radius 3 is 2.68 bits per heavy atom. The number of anilines is 2. The molecule has 0 aromatic carbocycles. The fourth-order valence-corrected chi connectivity index (χ4v) is 2.23. The summed E-state index contributed by atoms with van der Waals surface area (Å²) in [6.07, 6.45) is 4.26. The molecule has 104 valence electrons. The molecule has 1 aliphatic rings. The van der Waals surface area contributed by atoms with E-state index in [9.17, 15) is 4.79 Å². The van der Waals surface area contributed by atoms with Crippen molar-refractivity contribution in [3.05, 3.63) is 5.69 Å². The minimum Gasteiger partial charge on any atom is -0.371 e. The highest BCUT2D eigenvalue weighted by Crippen LogP contribution is 2.20. The van der Waals surface area contributed by atoms with Crippen molar-refractivity contribution in [3.63, 3.8) is 0 Å². The van der Waals surface area contributed by atoms with Crippen LogP contribution in [0.5, 0.6) is 0 Å². The van der Waals surface area contributed by atoms with Crippen molar-refractivity contribution >= 4 is 17.7 Å². The first-order valence-electron chi connectivity index (χ1n) is 6.36. The molecular formula is C11H19N7O. The van der Waals surface area contributed by atoms with E-state index in [1.807, 2.05) is 0 Å². The molecule has 0 aliphatic heterocycles. The molecule has 8 nitrogen and oxygen atoms in total. The molecule has 0 radical (unpaired) electrons. The standard InChI is InChI=1S/C11H19N7O/c1-14-10-8(9(13)19)17-18-11(16-10)15-7-5-3-2-4-6(7)12/h6-7H,2-5,12H2,1H3,(H2,13,19)(H2,14,15,16,18)/t6-,7+/m0/s1. The highest BCUT2D eigenvalue weighted by molar-refractivity contribution is 5.95. The highest BCUT2D eigenvalue weighted by atomic mass is 16.1. The average Bonchev–Trinajstić information content (AvgIpc) is 2.41. The molecule has 1 heterocycles. The second-order valence-electron chi connectivity index (χ2n) is 4.65. The number of carbonyl (C=O) groups is 1. The topological polar surface area (TPSA) is 132 Å². The fourth-order valence-electron chi connectivity index (χ4n) is 2.23. The van der Waals surface area contributed by atoms with Gasteiger partial charge in [-0.05, 0) is 12.8 Å². The summed E-state index contributed by atoms with van der Waals surface area (Å²) in [6.45, 7) is 0. The minimum atomic E-state index is -0.662. The van der Waals surface area contributed by atoms with Gasteiger partial charge in [0.1, 0.15) is 0 Å². The van der Waals surface area contributed by atoms with Crippen molar-refractivity contribution in [2.75, 3.05) is 17.7 Å². The van der Waals surface area contributed by atoms with Crippen LogP contribution in [0, 0.1) is 0 Å². The SMILES string of the molecule is CNc1nc(N[C@@H]2CCCC[C@@H]2N)nnc1C(N)=O. The third kappa shape index (κ3) is 3.08. The molecule has 2 atom stereocenters. The number of hydrogen-bond donors (Lipinski definition) is 4. The van der Waals surface area contributed by atoms with E-state index in [1.165, 1.54) is 0 Å². The predicted octanol–water partition coefficient (Wildman–Crippen LogP) is -0.306. The van der Waals surface area contributed by atoms with Gasteiger partial charge in [-0.2, -0.15) is 4.98 Å². The molecule has 0 spiro atoms. The van der Waals surface area contributed by atoms with Crippen LogP contribution in [0.1, 0.15) is 36.2 Å². The lowest BCUT2D eigenvalue weighted by atomic mass is 9.91. The van der Waals surface area contributed by atoms with E-state index < -0.39 is 5.91 Å². The number of nitrogens with two attached hydrogens (primary N) is 2. The first-order valence-corrected chi connectivity index (χ1v) is 6.36. The van der Waals surface area contributed by atoms with E-state index in [0.717, 1.165) is 25.7 Å². The molecule has 6 N–H and O–H groups in total. The van der Waals surface area contributed by atoms with Crippen LogP contribution in [0.15, 0.2) is 0 Å². The minimum absolute atomic E-state index is 0.0287. The van der Waals surface area contributed by atoms with E-state index in [4.69, 9.17) is 11.5 Å². The zero-order valence-corrected chi connectivity index (χ0v) is 10.9. The van der Waals surface area contributed by atoms with Gasteiger partial charge in [0, 0.05) is 19.1 Å². The number of nitrogens with zero attached hydrogens (tertiary/aromatic N) is 3. The Hall–Kier alpha value is -1.96. The summed E-state index contributed by atoms with van der Waals surface area (Å²) >= 11 is 0. The number of aromatic nitrogens is 3. The molecule has 1 amide bonds. The van der Waals surface area contributed by atoms with Crippen LogP contribution in [-0.2, 0) is 0 Å². The molecular weight excluding hydrogens is 246 g/mol. The predicted molar refractivity (Wildman–Crippen MR) is 71.7 cm³/mol. The van der Waals surface area contributed by atoms with Crippen molar-refractivity contribution in [2.45, 2.75) is 37.8 Å². The van der Waals surface area contributed by atoms with Crippen LogP contribution in [-0.4, -0.2) is 40.2 Å². The molecule has 0 saturated heterocycles. The lowest BCUT2D eigenvalue weighted by molar-refractivity contribution is 0.0995. The molecule has 1 aliphatic carbocycles. The highest BCUT2D eigenvalue weighted by Gasteiger charge is 2.23. The zero-order chi connectivity index (χ0) is 13.8. The molecule has 1 fully saturated rings. The van der Waals surface area contributed by atoms with Gasteiger partial charge in [0.05, 0.1) is 0 Å². The third-order valence-electron chi connectivity index (χ3n) is 3.29. The molecule has 0 unspecified atom stereocenters. The Bertz CT molecular complexity index is 464. The summed E-state index contributed by atoms with van der Waals surface area (Å²) in [7, 11) is 1.65. The smallest absolute Gasteiger partial charge is 0.273 e. The molecule has 0 bridgehead atoms. The normalized spacial score (nSPS) is 22.8. The molecule has 19 heavy (non-hydrogen) atoms. The first-order chi connectivity index (χ1) is 9.11. The van der Waals surface area contributed by atoms with E-state index in [0.29, 0.717) is 11.8 Å². The van der Waals surface area contributed by atoms with Crippen LogP contribution in [0.25, 0.3) is 0 Å². The van der Waals surface area contributed by atoms with Crippen LogP contribution in [0.4, 0.5) is 11.8 Å². The zero-order valence-electron chi connectivity index (χ0n) is 10.9. The van der Waals surface area contributed by atoms with Crippen LogP contribution in [0.2, 0.25) is 0 Å². The number of hydrogen-bond acceptors (Lipinski definition) is 7. The van der Waals surface area contributed by atoms with Gasteiger partial charge >= 0.3 is 0 Å². The maximum atomic E-state index is 11.1. The van der Waals surface area contributed by atoms with Gasteiger partial charge in [-0.3, -0.25) is 4.79 Å². The summed E-state index contributed by atoms with van der Waals surface area (Å²) in [4.78, 5) is 15.3. The van der Waals surface area contributed by atoms with Crippen LogP contribution >= 0.6 is 0 Å². The monoisotopic (exact) mass is 265 g/mol. The Balaban J connectivity index is 2.14. The Kier molecular flexibility index (Phi) is 4.10. The second-order valence-corrected chi connectivity index (χ2v) is 4.65. The van der Waals surface area contributed by atoms with E-state index in [1.54, 1.807) is 7.05 Å². The van der Waals surface area contributed by atoms with Gasteiger partial charge in [-0.25, -0.2) is 0 Å². The van der Waals surface area contributed by atoms with Crippen molar-refractivity contribution in [1.82, 2.24) is 15.2 Å². The molecule has 2 rings (SSSR count). The van der Waals surface area contributed by atoms with Gasteiger partial charge in [0.15, 0.2) is 11.5 Å². The number of amides is 1. The van der Waals surface area contributed by atoms with Gasteiger partial charge in [-0.1, -0.05) is 12.8 Å². The van der Waals surface area contributed by atoms with Crippen LogP contribution < -0.4 is 22.1 Å². The summed E-state index contributed by atoms with van der Waals surface area (Å²) < 4.78 is 0. The first kappa shape index (κ1) is 13.5. The summed E-state index contributed by atoms with van der Waals surface area (Å²) in [5.41, 5.74) is 11.3. The number of rotatable bonds is 4. The van der Waals surface area contributed by atoms with Gasteiger partial charge in [0.25, 0.3) is 5.91 Å². The largest absolute Gasteiger partial charge is 0.371 e. The Morgan fingerprint density at radius 2 is 2.05 bits per heavy atom. The van der Waals surface area contributed by atoms with Crippen molar-refractivity contribution in [3.8, 4) is 0 Å². The Labute approximate surface area is 111 Å². The molecule has 1 aromatic heterocycles. The Morgan fingerprint density at radius 1 is 1.32 bits per heavy atom. The van der Waals surface area contributed by atoms with Crippen molar-refractivity contribution in [1.29, 1.82) is 0 Å². The maximum absolute atomic E-state index is 11.1. The van der Waals surface area contributed by atoms with E-state index >= 15 is 0 Å². The molecule has 8 heteroatoms. The van der Waals surface area contributed by atoms with Gasteiger partial charge < -0.3 is 22.1 Å². The van der Waals surface area contributed by atoms with E-state index in [2.05, 4.69) is 25.8 Å². The van der Waals surface area contributed by atoms with Gasteiger partial charge in [-0.15, -0.1) is 10.2 Å². The number of primary amides is 1. The lowest BCUT2D eigenvalue weighted by Crippen LogP contribution is -2.43. The van der Waals surface area contributed by atoms with Crippen molar-refractivity contribution in [2.24, 2.45) is 11.5 Å². The maximum Gasteiger partial charge on any atom is 0.273 e.